The topological polar surface area (TPSA) is 49.4 Å². The van der Waals surface area contributed by atoms with E-state index in [1.54, 1.807) is 18.2 Å². The number of hydrogen-bond donors (Lipinski definition) is 1. The summed E-state index contributed by atoms with van der Waals surface area (Å²) in [5.41, 5.74) is 3.11. The van der Waals surface area contributed by atoms with E-state index in [0.29, 0.717) is 15.7 Å². The van der Waals surface area contributed by atoms with E-state index in [1.165, 1.54) is 11.8 Å². The quantitative estimate of drug-likeness (QED) is 0.861. The smallest absolute Gasteiger partial charge is 0.244 e. The Kier molecular flexibility index (Phi) is 5.86. The molecule has 0 aliphatic rings. The Hall–Kier alpha value is -2.04. The number of nitrogens with zero attached hydrogens (tertiary/aromatic N) is 1. The van der Waals surface area contributed by atoms with E-state index in [1.807, 2.05) is 32.0 Å². The van der Waals surface area contributed by atoms with Crippen molar-refractivity contribution in [2.75, 3.05) is 16.8 Å². The van der Waals surface area contributed by atoms with Gasteiger partial charge in [0.05, 0.1) is 5.69 Å². The lowest BCUT2D eigenvalue weighted by Gasteiger charge is -2.24. The average Bonchev–Trinajstić information content (AvgIpc) is 2.44. The summed E-state index contributed by atoms with van der Waals surface area (Å²) < 4.78 is 0. The number of halogens is 2. The molecule has 0 spiro atoms. The summed E-state index contributed by atoms with van der Waals surface area (Å²) in [5.74, 6) is -0.530. The number of nitrogens with one attached hydrogen (secondary N) is 1. The summed E-state index contributed by atoms with van der Waals surface area (Å²) in [4.78, 5) is 25.9. The second kappa shape index (κ2) is 7.69. The fourth-order valence-electron chi connectivity index (χ4n) is 2.55. The van der Waals surface area contributed by atoms with Gasteiger partial charge in [-0.1, -0.05) is 41.4 Å². The maximum atomic E-state index is 12.4. The highest BCUT2D eigenvalue weighted by Gasteiger charge is 2.19. The van der Waals surface area contributed by atoms with Crippen LogP contribution in [0, 0.1) is 13.8 Å². The van der Waals surface area contributed by atoms with E-state index >= 15 is 0 Å². The standard InChI is InChI=1S/C18H18Cl2N2O2/c1-11-5-4-6-12(2)18(11)22(13(3)23)10-17(24)21-16-8-14(19)7-15(20)9-16/h4-9H,10H2,1-3H3,(H,21,24). The predicted octanol–water partition coefficient (Wildman–Crippen LogP) is 4.60. The number of carbonyl (C=O) groups excluding carboxylic acids is 2. The maximum absolute atomic E-state index is 12.4. The van der Waals surface area contributed by atoms with E-state index in [0.717, 1.165) is 16.8 Å². The minimum Gasteiger partial charge on any atom is -0.324 e. The zero-order chi connectivity index (χ0) is 17.9. The monoisotopic (exact) mass is 364 g/mol. The van der Waals surface area contributed by atoms with Crippen LogP contribution < -0.4 is 10.2 Å². The lowest BCUT2D eigenvalue weighted by atomic mass is 10.1. The molecular formula is C18H18Cl2N2O2. The van der Waals surface area contributed by atoms with Crippen LogP contribution in [0.25, 0.3) is 0 Å². The van der Waals surface area contributed by atoms with Crippen LogP contribution in [-0.4, -0.2) is 18.4 Å². The second-order valence-electron chi connectivity index (χ2n) is 5.55. The number of benzene rings is 2. The molecule has 0 aliphatic carbocycles. The Bertz CT molecular complexity index is 750. The molecule has 0 saturated heterocycles. The van der Waals surface area contributed by atoms with Crippen LogP contribution in [0.4, 0.5) is 11.4 Å². The minimum absolute atomic E-state index is 0.0921. The molecule has 2 aromatic rings. The van der Waals surface area contributed by atoms with Crippen molar-refractivity contribution >= 4 is 46.4 Å². The number of hydrogen-bond acceptors (Lipinski definition) is 2. The van der Waals surface area contributed by atoms with Gasteiger partial charge in [0.15, 0.2) is 0 Å². The number of aryl methyl sites for hydroxylation is 2. The molecule has 0 saturated carbocycles. The molecule has 0 fully saturated rings. The van der Waals surface area contributed by atoms with E-state index < -0.39 is 0 Å². The van der Waals surface area contributed by atoms with E-state index in [4.69, 9.17) is 23.2 Å². The molecular weight excluding hydrogens is 347 g/mol. The number of carbonyl (C=O) groups is 2. The minimum atomic E-state index is -0.328. The number of amides is 2. The van der Waals surface area contributed by atoms with Gasteiger partial charge in [0.1, 0.15) is 6.54 Å². The summed E-state index contributed by atoms with van der Waals surface area (Å²) >= 11 is 11.9. The molecule has 4 nitrogen and oxygen atoms in total. The van der Waals surface area contributed by atoms with Crippen LogP contribution in [-0.2, 0) is 9.59 Å². The lowest BCUT2D eigenvalue weighted by Crippen LogP contribution is -2.37. The van der Waals surface area contributed by atoms with Crippen LogP contribution in [0.1, 0.15) is 18.1 Å². The Labute approximate surface area is 151 Å². The molecule has 0 radical (unpaired) electrons. The van der Waals surface area contributed by atoms with Crippen LogP contribution in [0.15, 0.2) is 36.4 Å². The van der Waals surface area contributed by atoms with Gasteiger partial charge in [0, 0.05) is 22.7 Å². The van der Waals surface area contributed by atoms with Crippen molar-refractivity contribution in [3.63, 3.8) is 0 Å². The zero-order valence-corrected chi connectivity index (χ0v) is 15.2. The first-order valence-electron chi connectivity index (χ1n) is 7.38. The van der Waals surface area contributed by atoms with Crippen molar-refractivity contribution in [2.45, 2.75) is 20.8 Å². The molecule has 2 aromatic carbocycles. The van der Waals surface area contributed by atoms with Gasteiger partial charge in [0.2, 0.25) is 11.8 Å². The third-order valence-electron chi connectivity index (χ3n) is 3.54. The SMILES string of the molecule is CC(=O)N(CC(=O)Nc1cc(Cl)cc(Cl)c1)c1c(C)cccc1C. The number of anilines is 2. The Morgan fingerprint density at radius 3 is 2.08 bits per heavy atom. The largest absolute Gasteiger partial charge is 0.324 e. The van der Waals surface area contributed by atoms with Crippen molar-refractivity contribution < 1.29 is 9.59 Å². The molecule has 0 atom stereocenters. The van der Waals surface area contributed by atoms with Gasteiger partial charge < -0.3 is 10.2 Å². The van der Waals surface area contributed by atoms with Gasteiger partial charge in [-0.15, -0.1) is 0 Å². The average molecular weight is 365 g/mol. The highest BCUT2D eigenvalue weighted by atomic mass is 35.5. The van der Waals surface area contributed by atoms with Gasteiger partial charge >= 0.3 is 0 Å². The molecule has 1 N–H and O–H groups in total. The Morgan fingerprint density at radius 2 is 1.58 bits per heavy atom. The lowest BCUT2D eigenvalue weighted by molar-refractivity contribution is -0.120. The summed E-state index contributed by atoms with van der Waals surface area (Å²) in [5, 5.41) is 3.57. The molecule has 6 heteroatoms. The first-order valence-corrected chi connectivity index (χ1v) is 8.14. The Balaban J connectivity index is 2.22. The van der Waals surface area contributed by atoms with Crippen molar-refractivity contribution in [3.8, 4) is 0 Å². The normalized spacial score (nSPS) is 10.4. The zero-order valence-electron chi connectivity index (χ0n) is 13.7. The number of para-hydroxylation sites is 1. The first kappa shape index (κ1) is 18.3. The fraction of sp³-hybridized carbons (Fsp3) is 0.222. The highest BCUT2D eigenvalue weighted by Crippen LogP contribution is 2.25. The first-order chi connectivity index (χ1) is 11.3. The van der Waals surface area contributed by atoms with Crippen LogP contribution >= 0.6 is 23.2 Å². The third kappa shape index (κ3) is 4.49. The second-order valence-corrected chi connectivity index (χ2v) is 6.42. The summed E-state index contributed by atoms with van der Waals surface area (Å²) in [7, 11) is 0. The maximum Gasteiger partial charge on any atom is 0.244 e. The molecule has 126 valence electrons. The van der Waals surface area contributed by atoms with E-state index in [9.17, 15) is 9.59 Å². The summed E-state index contributed by atoms with van der Waals surface area (Å²) in [6, 6.07) is 10.5. The highest BCUT2D eigenvalue weighted by molar-refractivity contribution is 6.35. The van der Waals surface area contributed by atoms with E-state index in [-0.39, 0.29) is 18.4 Å². The fourth-order valence-corrected chi connectivity index (χ4v) is 3.08. The molecule has 0 bridgehead atoms. The van der Waals surface area contributed by atoms with Gasteiger partial charge in [-0.2, -0.15) is 0 Å². The summed E-state index contributed by atoms with van der Waals surface area (Å²) in [6.07, 6.45) is 0. The number of rotatable bonds is 4. The van der Waals surface area contributed by atoms with E-state index in [2.05, 4.69) is 5.32 Å². The van der Waals surface area contributed by atoms with Crippen molar-refractivity contribution in [3.05, 3.63) is 57.6 Å². The van der Waals surface area contributed by atoms with Crippen molar-refractivity contribution in [1.29, 1.82) is 0 Å². The van der Waals surface area contributed by atoms with Crippen molar-refractivity contribution in [1.82, 2.24) is 0 Å². The molecule has 24 heavy (non-hydrogen) atoms. The van der Waals surface area contributed by atoms with Crippen LogP contribution in [0.2, 0.25) is 10.0 Å². The van der Waals surface area contributed by atoms with Gasteiger partial charge in [-0.3, -0.25) is 9.59 Å². The van der Waals surface area contributed by atoms with Crippen LogP contribution in [0.3, 0.4) is 0 Å². The van der Waals surface area contributed by atoms with Crippen LogP contribution in [0.5, 0.6) is 0 Å². The molecule has 2 rings (SSSR count). The third-order valence-corrected chi connectivity index (χ3v) is 3.97. The molecule has 0 aliphatic heterocycles. The summed E-state index contributed by atoms with van der Waals surface area (Å²) in [6.45, 7) is 5.17. The molecule has 2 amide bonds. The molecule has 0 heterocycles. The van der Waals surface area contributed by atoms with Crippen molar-refractivity contribution in [2.24, 2.45) is 0 Å². The van der Waals surface area contributed by atoms with Gasteiger partial charge in [-0.25, -0.2) is 0 Å². The molecule has 0 unspecified atom stereocenters. The molecule has 0 aromatic heterocycles. The Morgan fingerprint density at radius 1 is 1.04 bits per heavy atom. The van der Waals surface area contributed by atoms with Gasteiger partial charge in [0.25, 0.3) is 0 Å². The van der Waals surface area contributed by atoms with Gasteiger partial charge in [-0.05, 0) is 43.2 Å². The predicted molar refractivity (Wildman–Crippen MR) is 99.0 cm³/mol.